The van der Waals surface area contributed by atoms with Crippen molar-refractivity contribution in [2.45, 2.75) is 16.7 Å². The average Bonchev–Trinajstić information content (AvgIpc) is 2.65. The zero-order valence-electron chi connectivity index (χ0n) is 14.5. The first-order chi connectivity index (χ1) is 13.0. The van der Waals surface area contributed by atoms with Gasteiger partial charge in [0.15, 0.2) is 0 Å². The van der Waals surface area contributed by atoms with Crippen LogP contribution in [0.1, 0.15) is 5.56 Å². The number of para-hydroxylation sites is 1. The SMILES string of the molecule is Cc1ccc(NC(=O)Nc2ccccc2Sc2ccc([N+](=O)[O-])cc2)cc1. The number of nitro benzene ring substituents is 1. The Bertz CT molecular complexity index is 957. The van der Waals surface area contributed by atoms with Crippen LogP contribution in [-0.2, 0) is 0 Å². The van der Waals surface area contributed by atoms with E-state index in [1.807, 2.05) is 55.5 Å². The molecule has 0 heterocycles. The van der Waals surface area contributed by atoms with E-state index in [1.54, 1.807) is 12.1 Å². The number of benzene rings is 3. The lowest BCUT2D eigenvalue weighted by molar-refractivity contribution is -0.384. The van der Waals surface area contributed by atoms with E-state index in [1.165, 1.54) is 23.9 Å². The topological polar surface area (TPSA) is 84.3 Å². The zero-order valence-corrected chi connectivity index (χ0v) is 15.3. The Balaban J connectivity index is 1.70. The first-order valence-corrected chi connectivity index (χ1v) is 8.99. The number of anilines is 2. The molecule has 0 saturated heterocycles. The molecule has 0 saturated carbocycles. The summed E-state index contributed by atoms with van der Waals surface area (Å²) in [6.07, 6.45) is 0. The van der Waals surface area contributed by atoms with Gasteiger partial charge in [0.25, 0.3) is 5.69 Å². The maximum atomic E-state index is 12.3. The summed E-state index contributed by atoms with van der Waals surface area (Å²) in [6, 6.07) is 20.9. The van der Waals surface area contributed by atoms with Crippen molar-refractivity contribution in [3.8, 4) is 0 Å². The molecule has 0 aromatic heterocycles. The first-order valence-electron chi connectivity index (χ1n) is 8.17. The van der Waals surface area contributed by atoms with Crippen molar-refractivity contribution in [3.63, 3.8) is 0 Å². The number of carbonyl (C=O) groups is 1. The highest BCUT2D eigenvalue weighted by atomic mass is 32.2. The second-order valence-corrected chi connectivity index (χ2v) is 6.91. The highest BCUT2D eigenvalue weighted by molar-refractivity contribution is 7.99. The van der Waals surface area contributed by atoms with E-state index in [2.05, 4.69) is 10.6 Å². The van der Waals surface area contributed by atoms with Gasteiger partial charge in [-0.15, -0.1) is 0 Å². The first kappa shape index (κ1) is 18.5. The van der Waals surface area contributed by atoms with E-state index < -0.39 is 4.92 Å². The van der Waals surface area contributed by atoms with Crippen molar-refractivity contribution < 1.29 is 9.72 Å². The van der Waals surface area contributed by atoms with Crippen LogP contribution < -0.4 is 10.6 Å². The maximum Gasteiger partial charge on any atom is 0.323 e. The molecule has 2 amide bonds. The van der Waals surface area contributed by atoms with Gasteiger partial charge in [0, 0.05) is 27.6 Å². The van der Waals surface area contributed by atoms with Crippen LogP contribution in [0.5, 0.6) is 0 Å². The van der Waals surface area contributed by atoms with Gasteiger partial charge in [0.2, 0.25) is 0 Å². The normalized spacial score (nSPS) is 10.3. The van der Waals surface area contributed by atoms with Crippen LogP contribution in [0.15, 0.2) is 82.6 Å². The largest absolute Gasteiger partial charge is 0.323 e. The molecule has 0 aliphatic rings. The van der Waals surface area contributed by atoms with Crippen molar-refractivity contribution in [1.82, 2.24) is 0 Å². The summed E-state index contributed by atoms with van der Waals surface area (Å²) in [4.78, 5) is 24.3. The number of nitrogens with zero attached hydrogens (tertiary/aromatic N) is 1. The van der Waals surface area contributed by atoms with Crippen molar-refractivity contribution in [2.24, 2.45) is 0 Å². The molecule has 0 aliphatic heterocycles. The monoisotopic (exact) mass is 379 g/mol. The van der Waals surface area contributed by atoms with Gasteiger partial charge in [-0.1, -0.05) is 41.6 Å². The Morgan fingerprint density at radius 2 is 1.59 bits per heavy atom. The lowest BCUT2D eigenvalue weighted by Crippen LogP contribution is -2.19. The van der Waals surface area contributed by atoms with Gasteiger partial charge in [0.05, 0.1) is 10.6 Å². The number of carbonyl (C=O) groups excluding carboxylic acids is 1. The molecule has 2 N–H and O–H groups in total. The van der Waals surface area contributed by atoms with Gasteiger partial charge in [-0.2, -0.15) is 0 Å². The Morgan fingerprint density at radius 3 is 2.26 bits per heavy atom. The minimum atomic E-state index is -0.431. The molecule has 0 unspecified atom stereocenters. The summed E-state index contributed by atoms with van der Waals surface area (Å²) in [5.41, 5.74) is 2.53. The summed E-state index contributed by atoms with van der Waals surface area (Å²) in [6.45, 7) is 1.98. The van der Waals surface area contributed by atoms with Crippen LogP contribution in [0.2, 0.25) is 0 Å². The Labute approximate surface area is 160 Å². The lowest BCUT2D eigenvalue weighted by Gasteiger charge is -2.12. The third-order valence-electron chi connectivity index (χ3n) is 3.72. The summed E-state index contributed by atoms with van der Waals surface area (Å²) in [7, 11) is 0. The fourth-order valence-corrected chi connectivity index (χ4v) is 3.25. The summed E-state index contributed by atoms with van der Waals surface area (Å²) in [5.74, 6) is 0. The van der Waals surface area contributed by atoms with Crippen LogP contribution in [0.3, 0.4) is 0 Å². The molecule has 0 atom stereocenters. The van der Waals surface area contributed by atoms with Crippen LogP contribution in [0, 0.1) is 17.0 Å². The number of hydrogen-bond acceptors (Lipinski definition) is 4. The Hall–Kier alpha value is -3.32. The smallest absolute Gasteiger partial charge is 0.308 e. The van der Waals surface area contributed by atoms with Crippen molar-refractivity contribution >= 4 is 34.9 Å². The molecule has 6 nitrogen and oxygen atoms in total. The van der Waals surface area contributed by atoms with Gasteiger partial charge in [0.1, 0.15) is 0 Å². The third-order valence-corrected chi connectivity index (χ3v) is 4.80. The number of rotatable bonds is 5. The molecule has 27 heavy (non-hydrogen) atoms. The predicted octanol–water partition coefficient (Wildman–Crippen LogP) is 5.70. The highest BCUT2D eigenvalue weighted by Gasteiger charge is 2.10. The van der Waals surface area contributed by atoms with Crippen LogP contribution in [0.4, 0.5) is 21.9 Å². The maximum absolute atomic E-state index is 12.3. The summed E-state index contributed by atoms with van der Waals surface area (Å²) < 4.78 is 0. The summed E-state index contributed by atoms with van der Waals surface area (Å²) in [5, 5.41) is 16.4. The minimum Gasteiger partial charge on any atom is -0.308 e. The number of non-ortho nitro benzene ring substituents is 1. The van der Waals surface area contributed by atoms with Crippen LogP contribution >= 0.6 is 11.8 Å². The Morgan fingerprint density at radius 1 is 0.926 bits per heavy atom. The van der Waals surface area contributed by atoms with Crippen molar-refractivity contribution in [2.75, 3.05) is 10.6 Å². The molecule has 3 aromatic carbocycles. The fourth-order valence-electron chi connectivity index (χ4n) is 2.34. The lowest BCUT2D eigenvalue weighted by atomic mass is 10.2. The highest BCUT2D eigenvalue weighted by Crippen LogP contribution is 2.34. The minimum absolute atomic E-state index is 0.0447. The van der Waals surface area contributed by atoms with Gasteiger partial charge >= 0.3 is 6.03 Å². The zero-order chi connectivity index (χ0) is 19.2. The second kappa shape index (κ2) is 8.37. The van der Waals surface area contributed by atoms with E-state index in [-0.39, 0.29) is 11.7 Å². The van der Waals surface area contributed by atoms with E-state index in [0.29, 0.717) is 11.4 Å². The van der Waals surface area contributed by atoms with Crippen LogP contribution in [0.25, 0.3) is 0 Å². The second-order valence-electron chi connectivity index (χ2n) is 5.79. The third kappa shape index (κ3) is 5.08. The number of nitrogens with one attached hydrogen (secondary N) is 2. The van der Waals surface area contributed by atoms with E-state index in [0.717, 1.165) is 15.4 Å². The Kier molecular flexibility index (Phi) is 5.73. The molecule has 0 fully saturated rings. The quantitative estimate of drug-likeness (QED) is 0.440. The molecule has 0 aliphatic carbocycles. The predicted molar refractivity (Wildman–Crippen MR) is 107 cm³/mol. The van der Waals surface area contributed by atoms with Crippen molar-refractivity contribution in [3.05, 3.63) is 88.5 Å². The molecular formula is C20H17N3O3S. The van der Waals surface area contributed by atoms with Crippen molar-refractivity contribution in [1.29, 1.82) is 0 Å². The molecule has 0 spiro atoms. The standard InChI is InChI=1S/C20H17N3O3S/c1-14-6-8-15(9-7-14)21-20(24)22-18-4-2-3-5-19(18)27-17-12-10-16(11-13-17)23(25)26/h2-13H,1H3,(H2,21,22,24). The molecule has 0 bridgehead atoms. The molecular weight excluding hydrogens is 362 g/mol. The average molecular weight is 379 g/mol. The molecule has 3 rings (SSSR count). The summed E-state index contributed by atoms with van der Waals surface area (Å²) >= 11 is 1.42. The number of hydrogen-bond donors (Lipinski definition) is 2. The molecule has 3 aromatic rings. The van der Waals surface area contributed by atoms with E-state index >= 15 is 0 Å². The van der Waals surface area contributed by atoms with Gasteiger partial charge in [-0.05, 0) is 43.3 Å². The van der Waals surface area contributed by atoms with Crippen LogP contribution in [-0.4, -0.2) is 11.0 Å². The van der Waals surface area contributed by atoms with Gasteiger partial charge in [-0.3, -0.25) is 10.1 Å². The molecule has 0 radical (unpaired) electrons. The van der Waals surface area contributed by atoms with E-state index in [9.17, 15) is 14.9 Å². The number of nitro groups is 1. The van der Waals surface area contributed by atoms with Gasteiger partial charge < -0.3 is 10.6 Å². The fraction of sp³-hybridized carbons (Fsp3) is 0.0500. The number of aryl methyl sites for hydroxylation is 1. The van der Waals surface area contributed by atoms with Gasteiger partial charge in [-0.25, -0.2) is 4.79 Å². The number of amides is 2. The molecule has 7 heteroatoms. The van der Waals surface area contributed by atoms with E-state index in [4.69, 9.17) is 0 Å². The molecule has 136 valence electrons. The number of urea groups is 1.